The van der Waals surface area contributed by atoms with Crippen molar-refractivity contribution in [3.8, 4) is 11.8 Å². The van der Waals surface area contributed by atoms with Gasteiger partial charge in [-0.05, 0) is 18.2 Å². The Labute approximate surface area is 131 Å². The van der Waals surface area contributed by atoms with Gasteiger partial charge in [0.05, 0.1) is 24.0 Å². The zero-order chi connectivity index (χ0) is 17.1. The largest absolute Gasteiger partial charge is 0.464 e. The first-order valence-electron chi connectivity index (χ1n) is 6.45. The Kier molecular flexibility index (Phi) is 4.32. The number of nitrogen functional groups attached to an aromatic ring is 1. The monoisotopic (exact) mass is 316 g/mol. The van der Waals surface area contributed by atoms with Crippen LogP contribution in [-0.2, 0) is 9.53 Å². The number of aromatic nitrogens is 1. The number of esters is 1. The molecule has 0 aliphatic rings. The molecule has 1 aromatic carbocycles. The average molecular weight is 316 g/mol. The molecule has 23 heavy (non-hydrogen) atoms. The Hall–Kier alpha value is -3.34. The molecule has 0 aliphatic heterocycles. The van der Waals surface area contributed by atoms with E-state index in [-0.39, 0.29) is 22.6 Å². The van der Waals surface area contributed by atoms with Crippen molar-refractivity contribution in [3.63, 3.8) is 0 Å². The van der Waals surface area contributed by atoms with Crippen LogP contribution in [0.15, 0.2) is 24.4 Å². The Morgan fingerprint density at radius 2 is 2.13 bits per heavy atom. The standard InChI is InChI=1S/C15H13FN4O3/c1-8(21)19-12-5-10(3-4-11(12)16)20-7-9(6-17)13(18)14(20)15(22)23-2/h3-5,7H,18H2,1-2H3,(H,19,21). The Morgan fingerprint density at radius 3 is 2.70 bits per heavy atom. The number of carbonyl (C=O) groups excluding carboxylic acids is 2. The summed E-state index contributed by atoms with van der Waals surface area (Å²) in [6, 6.07) is 5.70. The van der Waals surface area contributed by atoms with Crippen LogP contribution in [0.4, 0.5) is 15.8 Å². The first-order valence-corrected chi connectivity index (χ1v) is 6.45. The van der Waals surface area contributed by atoms with E-state index in [1.165, 1.54) is 36.9 Å². The van der Waals surface area contributed by atoms with Crippen LogP contribution in [0.3, 0.4) is 0 Å². The second-order valence-corrected chi connectivity index (χ2v) is 4.62. The van der Waals surface area contributed by atoms with E-state index >= 15 is 0 Å². The van der Waals surface area contributed by atoms with Gasteiger partial charge in [0.15, 0.2) is 5.69 Å². The van der Waals surface area contributed by atoms with E-state index < -0.39 is 17.7 Å². The van der Waals surface area contributed by atoms with Gasteiger partial charge in [-0.3, -0.25) is 4.79 Å². The van der Waals surface area contributed by atoms with Gasteiger partial charge in [0.25, 0.3) is 0 Å². The first-order chi connectivity index (χ1) is 10.9. The summed E-state index contributed by atoms with van der Waals surface area (Å²) < 4.78 is 19.7. The number of methoxy groups -OCH3 is 1. The molecular formula is C15H13FN4O3. The maximum absolute atomic E-state index is 13.7. The maximum Gasteiger partial charge on any atom is 0.357 e. The molecule has 0 spiro atoms. The minimum atomic E-state index is -0.741. The highest BCUT2D eigenvalue weighted by Crippen LogP contribution is 2.27. The lowest BCUT2D eigenvalue weighted by molar-refractivity contribution is -0.114. The van der Waals surface area contributed by atoms with Gasteiger partial charge in [0, 0.05) is 18.8 Å². The number of hydrogen-bond donors (Lipinski definition) is 2. The van der Waals surface area contributed by atoms with Crippen LogP contribution < -0.4 is 11.1 Å². The quantitative estimate of drug-likeness (QED) is 0.839. The highest BCUT2D eigenvalue weighted by Gasteiger charge is 2.22. The molecule has 1 amide bonds. The van der Waals surface area contributed by atoms with Gasteiger partial charge in [-0.15, -0.1) is 0 Å². The van der Waals surface area contributed by atoms with Crippen LogP contribution in [0.2, 0.25) is 0 Å². The number of benzene rings is 1. The third kappa shape index (κ3) is 2.98. The van der Waals surface area contributed by atoms with Gasteiger partial charge in [-0.2, -0.15) is 5.26 Å². The number of nitrogens with two attached hydrogens (primary N) is 1. The lowest BCUT2D eigenvalue weighted by Crippen LogP contribution is -2.12. The number of hydrogen-bond acceptors (Lipinski definition) is 5. The van der Waals surface area contributed by atoms with Crippen molar-refractivity contribution in [1.82, 2.24) is 4.57 Å². The molecular weight excluding hydrogens is 303 g/mol. The van der Waals surface area contributed by atoms with Crippen molar-refractivity contribution in [1.29, 1.82) is 5.26 Å². The fourth-order valence-corrected chi connectivity index (χ4v) is 2.07. The smallest absolute Gasteiger partial charge is 0.357 e. The number of halogens is 1. The van der Waals surface area contributed by atoms with Crippen molar-refractivity contribution < 1.29 is 18.7 Å². The van der Waals surface area contributed by atoms with Crippen LogP contribution in [0.25, 0.3) is 5.69 Å². The molecule has 1 aromatic heterocycles. The third-order valence-corrected chi connectivity index (χ3v) is 3.08. The highest BCUT2D eigenvalue weighted by atomic mass is 19.1. The lowest BCUT2D eigenvalue weighted by Gasteiger charge is -2.11. The van der Waals surface area contributed by atoms with E-state index in [1.807, 2.05) is 6.07 Å². The number of anilines is 2. The Morgan fingerprint density at radius 1 is 1.43 bits per heavy atom. The first kappa shape index (κ1) is 16.0. The van der Waals surface area contributed by atoms with E-state index in [9.17, 15) is 14.0 Å². The number of nitriles is 1. The van der Waals surface area contributed by atoms with Crippen LogP contribution >= 0.6 is 0 Å². The van der Waals surface area contributed by atoms with Gasteiger partial charge in [-0.25, -0.2) is 9.18 Å². The summed E-state index contributed by atoms with van der Waals surface area (Å²) in [6.45, 7) is 1.24. The molecule has 0 saturated heterocycles. The number of ether oxygens (including phenoxy) is 1. The molecule has 0 saturated carbocycles. The minimum Gasteiger partial charge on any atom is -0.464 e. The van der Waals surface area contributed by atoms with Gasteiger partial charge < -0.3 is 20.4 Å². The predicted octanol–water partition coefficient (Wildman–Crippen LogP) is 1.82. The summed E-state index contributed by atoms with van der Waals surface area (Å²) in [6.07, 6.45) is 1.34. The van der Waals surface area contributed by atoms with Gasteiger partial charge >= 0.3 is 5.97 Å². The molecule has 2 aromatic rings. The van der Waals surface area contributed by atoms with Crippen LogP contribution in [-0.4, -0.2) is 23.6 Å². The molecule has 0 bridgehead atoms. The van der Waals surface area contributed by atoms with Crippen molar-refractivity contribution in [2.45, 2.75) is 6.92 Å². The Balaban J connectivity index is 2.65. The van der Waals surface area contributed by atoms with Crippen molar-refractivity contribution in [2.24, 2.45) is 0 Å². The number of nitrogens with zero attached hydrogens (tertiary/aromatic N) is 2. The topological polar surface area (TPSA) is 110 Å². The van der Waals surface area contributed by atoms with Gasteiger partial charge in [0.1, 0.15) is 11.9 Å². The molecule has 0 fully saturated rings. The SMILES string of the molecule is COC(=O)c1c(N)c(C#N)cn1-c1ccc(F)c(NC(C)=O)c1. The second kappa shape index (κ2) is 6.19. The van der Waals surface area contributed by atoms with Crippen LogP contribution in [0.5, 0.6) is 0 Å². The second-order valence-electron chi connectivity index (χ2n) is 4.62. The minimum absolute atomic E-state index is 0.0373. The van der Waals surface area contributed by atoms with Gasteiger partial charge in [0.2, 0.25) is 5.91 Å². The van der Waals surface area contributed by atoms with Crippen LogP contribution in [0, 0.1) is 17.1 Å². The fourth-order valence-electron chi connectivity index (χ4n) is 2.07. The van der Waals surface area contributed by atoms with E-state index in [2.05, 4.69) is 10.1 Å². The number of nitrogens with one attached hydrogen (secondary N) is 1. The van der Waals surface area contributed by atoms with E-state index in [1.54, 1.807) is 0 Å². The summed E-state index contributed by atoms with van der Waals surface area (Å²) in [4.78, 5) is 23.0. The highest BCUT2D eigenvalue weighted by molar-refractivity contribution is 5.96. The molecule has 0 atom stereocenters. The molecule has 0 aliphatic carbocycles. The molecule has 2 rings (SSSR count). The molecule has 118 valence electrons. The zero-order valence-electron chi connectivity index (χ0n) is 12.4. The fraction of sp³-hybridized carbons (Fsp3) is 0.133. The molecule has 1 heterocycles. The normalized spacial score (nSPS) is 10.0. The zero-order valence-corrected chi connectivity index (χ0v) is 12.4. The molecule has 7 nitrogen and oxygen atoms in total. The summed E-state index contributed by atoms with van der Waals surface area (Å²) in [7, 11) is 1.18. The van der Waals surface area contributed by atoms with Gasteiger partial charge in [-0.1, -0.05) is 0 Å². The van der Waals surface area contributed by atoms with Crippen molar-refractivity contribution in [3.05, 3.63) is 41.5 Å². The predicted molar refractivity (Wildman–Crippen MR) is 80.5 cm³/mol. The van der Waals surface area contributed by atoms with E-state index in [4.69, 9.17) is 11.0 Å². The lowest BCUT2D eigenvalue weighted by atomic mass is 10.2. The van der Waals surface area contributed by atoms with Crippen molar-refractivity contribution in [2.75, 3.05) is 18.2 Å². The number of rotatable bonds is 3. The number of carbonyl (C=O) groups is 2. The van der Waals surface area contributed by atoms with E-state index in [0.29, 0.717) is 5.69 Å². The summed E-state index contributed by atoms with van der Waals surface area (Å²) in [5, 5.41) is 11.4. The molecule has 3 N–H and O–H groups in total. The summed E-state index contributed by atoms with van der Waals surface area (Å²) in [5.41, 5.74) is 6.06. The average Bonchev–Trinajstić information content (AvgIpc) is 2.85. The molecule has 0 radical (unpaired) electrons. The molecule has 0 unspecified atom stereocenters. The summed E-state index contributed by atoms with van der Waals surface area (Å²) >= 11 is 0. The van der Waals surface area contributed by atoms with Crippen molar-refractivity contribution >= 4 is 23.3 Å². The molecule has 8 heteroatoms. The number of amides is 1. The summed E-state index contributed by atoms with van der Waals surface area (Å²) in [5.74, 6) is -1.82. The van der Waals surface area contributed by atoms with E-state index in [0.717, 1.165) is 6.07 Å². The Bertz CT molecular complexity index is 836. The third-order valence-electron chi connectivity index (χ3n) is 3.08. The maximum atomic E-state index is 13.7. The van der Waals surface area contributed by atoms with Crippen LogP contribution in [0.1, 0.15) is 23.0 Å².